The van der Waals surface area contributed by atoms with E-state index in [-0.39, 0.29) is 5.91 Å². The lowest BCUT2D eigenvalue weighted by Crippen LogP contribution is -2.12. The molecule has 1 heterocycles. The van der Waals surface area contributed by atoms with E-state index in [2.05, 4.69) is 10.3 Å². The second-order valence-corrected chi connectivity index (χ2v) is 5.35. The molecule has 0 aliphatic heterocycles. The molecule has 1 amide bonds. The van der Waals surface area contributed by atoms with E-state index in [1.54, 1.807) is 50.7 Å². The lowest BCUT2D eigenvalue weighted by atomic mass is 10.1. The molecule has 0 atom stereocenters. The number of rotatable bonds is 4. The SMILES string of the molecule is COc1ccc(OC)c(NC(=O)c2c[nH]c3ccc(Cl)cc23)c1. The Kier molecular flexibility index (Phi) is 4.12. The van der Waals surface area contributed by atoms with Gasteiger partial charge in [-0.15, -0.1) is 0 Å². The minimum absolute atomic E-state index is 0.259. The average molecular weight is 331 g/mol. The molecular weight excluding hydrogens is 316 g/mol. The summed E-state index contributed by atoms with van der Waals surface area (Å²) >= 11 is 6.02. The first-order valence-corrected chi connectivity index (χ1v) is 7.30. The van der Waals surface area contributed by atoms with Crippen molar-refractivity contribution in [2.24, 2.45) is 0 Å². The number of H-pyrrole nitrogens is 1. The Balaban J connectivity index is 1.96. The number of fused-ring (bicyclic) bond motifs is 1. The lowest BCUT2D eigenvalue weighted by molar-refractivity contribution is 0.102. The molecule has 5 nitrogen and oxygen atoms in total. The summed E-state index contributed by atoms with van der Waals surface area (Å²) in [5.74, 6) is 0.921. The molecule has 2 N–H and O–H groups in total. The first kappa shape index (κ1) is 15.2. The van der Waals surface area contributed by atoms with Crippen LogP contribution >= 0.6 is 11.6 Å². The molecule has 0 saturated carbocycles. The Hall–Kier alpha value is -2.66. The van der Waals surface area contributed by atoms with Gasteiger partial charge in [0.2, 0.25) is 0 Å². The van der Waals surface area contributed by atoms with Crippen LogP contribution in [0, 0.1) is 0 Å². The summed E-state index contributed by atoms with van der Waals surface area (Å²) < 4.78 is 10.5. The molecule has 2 aromatic carbocycles. The minimum atomic E-state index is -0.259. The highest BCUT2D eigenvalue weighted by Gasteiger charge is 2.15. The zero-order valence-corrected chi connectivity index (χ0v) is 13.4. The number of halogens is 1. The van der Waals surface area contributed by atoms with E-state index in [1.807, 2.05) is 6.07 Å². The van der Waals surface area contributed by atoms with Gasteiger partial charge < -0.3 is 19.8 Å². The molecule has 118 valence electrons. The third kappa shape index (κ3) is 2.96. The number of carbonyl (C=O) groups is 1. The largest absolute Gasteiger partial charge is 0.497 e. The standard InChI is InChI=1S/C17H15ClN2O3/c1-22-11-4-6-16(23-2)15(8-11)20-17(21)13-9-19-14-5-3-10(18)7-12(13)14/h3-9,19H,1-2H3,(H,20,21). The Bertz CT molecular complexity index is 873. The number of ether oxygens (including phenoxy) is 2. The number of hydrogen-bond donors (Lipinski definition) is 2. The van der Waals surface area contributed by atoms with Gasteiger partial charge in [0.25, 0.3) is 5.91 Å². The van der Waals surface area contributed by atoms with Crippen LogP contribution in [0.15, 0.2) is 42.6 Å². The van der Waals surface area contributed by atoms with Crippen molar-refractivity contribution in [2.75, 3.05) is 19.5 Å². The number of carbonyl (C=O) groups excluding carboxylic acids is 1. The molecule has 3 rings (SSSR count). The van der Waals surface area contributed by atoms with Gasteiger partial charge >= 0.3 is 0 Å². The highest BCUT2D eigenvalue weighted by Crippen LogP contribution is 2.30. The Morgan fingerprint density at radius 3 is 2.70 bits per heavy atom. The van der Waals surface area contributed by atoms with Crippen LogP contribution in [0.3, 0.4) is 0 Å². The van der Waals surface area contributed by atoms with Crippen molar-refractivity contribution in [3.63, 3.8) is 0 Å². The molecule has 0 fully saturated rings. The number of aromatic nitrogens is 1. The number of aromatic amines is 1. The summed E-state index contributed by atoms with van der Waals surface area (Å²) in [4.78, 5) is 15.7. The zero-order valence-electron chi connectivity index (χ0n) is 12.6. The van der Waals surface area contributed by atoms with E-state index in [1.165, 1.54) is 0 Å². The Morgan fingerprint density at radius 2 is 1.96 bits per heavy atom. The second-order valence-electron chi connectivity index (χ2n) is 4.91. The van der Waals surface area contributed by atoms with Gasteiger partial charge in [0.1, 0.15) is 11.5 Å². The molecule has 1 aromatic heterocycles. The summed E-state index contributed by atoms with van der Waals surface area (Å²) in [5, 5.41) is 4.18. The van der Waals surface area contributed by atoms with Gasteiger partial charge in [-0.25, -0.2) is 0 Å². The van der Waals surface area contributed by atoms with Crippen molar-refractivity contribution < 1.29 is 14.3 Å². The number of amides is 1. The van der Waals surface area contributed by atoms with Gasteiger partial charge in [-0.1, -0.05) is 11.6 Å². The molecule has 0 saturated heterocycles. The Morgan fingerprint density at radius 1 is 1.13 bits per heavy atom. The number of hydrogen-bond acceptors (Lipinski definition) is 3. The van der Waals surface area contributed by atoms with Gasteiger partial charge in [-0.05, 0) is 30.3 Å². The maximum Gasteiger partial charge on any atom is 0.257 e. The number of methoxy groups -OCH3 is 2. The quantitative estimate of drug-likeness (QED) is 0.757. The van der Waals surface area contributed by atoms with Crippen molar-refractivity contribution >= 4 is 34.1 Å². The van der Waals surface area contributed by atoms with Gasteiger partial charge in [-0.2, -0.15) is 0 Å². The van der Waals surface area contributed by atoms with E-state index in [0.717, 1.165) is 10.9 Å². The van der Waals surface area contributed by atoms with Crippen LogP contribution < -0.4 is 14.8 Å². The van der Waals surface area contributed by atoms with Crippen molar-refractivity contribution in [3.05, 3.63) is 53.2 Å². The predicted octanol–water partition coefficient (Wildman–Crippen LogP) is 4.09. The summed E-state index contributed by atoms with van der Waals surface area (Å²) in [5.41, 5.74) is 1.89. The first-order valence-electron chi connectivity index (χ1n) is 6.92. The van der Waals surface area contributed by atoms with Crippen LogP contribution in [0.5, 0.6) is 11.5 Å². The lowest BCUT2D eigenvalue weighted by Gasteiger charge is -2.11. The maximum absolute atomic E-state index is 12.6. The first-order chi connectivity index (χ1) is 11.1. The molecule has 0 bridgehead atoms. The predicted molar refractivity (Wildman–Crippen MR) is 90.8 cm³/mol. The van der Waals surface area contributed by atoms with Crippen molar-refractivity contribution in [1.82, 2.24) is 4.98 Å². The van der Waals surface area contributed by atoms with Crippen molar-refractivity contribution in [2.45, 2.75) is 0 Å². The van der Waals surface area contributed by atoms with Crippen molar-refractivity contribution in [1.29, 1.82) is 0 Å². The smallest absolute Gasteiger partial charge is 0.257 e. The normalized spacial score (nSPS) is 10.6. The third-order valence-electron chi connectivity index (χ3n) is 3.54. The fraction of sp³-hybridized carbons (Fsp3) is 0.118. The van der Waals surface area contributed by atoms with Crippen LogP contribution in [0.25, 0.3) is 10.9 Å². The molecule has 0 unspecified atom stereocenters. The van der Waals surface area contributed by atoms with Gasteiger partial charge in [0.05, 0.1) is 25.5 Å². The van der Waals surface area contributed by atoms with Crippen LogP contribution in [-0.4, -0.2) is 25.1 Å². The van der Waals surface area contributed by atoms with Crippen LogP contribution in [0.2, 0.25) is 5.02 Å². The topological polar surface area (TPSA) is 63.4 Å². The van der Waals surface area contributed by atoms with E-state index in [9.17, 15) is 4.79 Å². The highest BCUT2D eigenvalue weighted by molar-refractivity contribution is 6.31. The van der Waals surface area contributed by atoms with Gasteiger partial charge in [0.15, 0.2) is 0 Å². The monoisotopic (exact) mass is 330 g/mol. The van der Waals surface area contributed by atoms with E-state index < -0.39 is 0 Å². The van der Waals surface area contributed by atoms with E-state index in [4.69, 9.17) is 21.1 Å². The van der Waals surface area contributed by atoms with Crippen LogP contribution in [-0.2, 0) is 0 Å². The summed E-state index contributed by atoms with van der Waals surface area (Å²) in [6.45, 7) is 0. The van der Waals surface area contributed by atoms with Crippen molar-refractivity contribution in [3.8, 4) is 11.5 Å². The summed E-state index contributed by atoms with van der Waals surface area (Å²) in [7, 11) is 3.11. The molecule has 0 radical (unpaired) electrons. The second kappa shape index (κ2) is 6.22. The van der Waals surface area contributed by atoms with E-state index >= 15 is 0 Å². The minimum Gasteiger partial charge on any atom is -0.497 e. The average Bonchev–Trinajstić information content (AvgIpc) is 2.97. The molecule has 0 aliphatic rings. The summed E-state index contributed by atoms with van der Waals surface area (Å²) in [6, 6.07) is 10.6. The molecule has 6 heteroatoms. The Labute approximate surface area is 138 Å². The maximum atomic E-state index is 12.6. The molecule has 0 spiro atoms. The fourth-order valence-electron chi connectivity index (χ4n) is 2.38. The van der Waals surface area contributed by atoms with Gasteiger partial charge in [0, 0.05) is 28.2 Å². The number of anilines is 1. The summed E-state index contributed by atoms with van der Waals surface area (Å²) in [6.07, 6.45) is 1.66. The third-order valence-corrected chi connectivity index (χ3v) is 3.78. The molecule has 0 aliphatic carbocycles. The molecular formula is C17H15ClN2O3. The molecule has 3 aromatic rings. The zero-order chi connectivity index (χ0) is 16.4. The van der Waals surface area contributed by atoms with Crippen LogP contribution in [0.1, 0.15) is 10.4 Å². The number of benzene rings is 2. The number of nitrogens with one attached hydrogen (secondary N) is 2. The fourth-order valence-corrected chi connectivity index (χ4v) is 2.55. The highest BCUT2D eigenvalue weighted by atomic mass is 35.5. The van der Waals surface area contributed by atoms with Gasteiger partial charge in [-0.3, -0.25) is 4.79 Å². The van der Waals surface area contributed by atoms with Crippen LogP contribution in [0.4, 0.5) is 5.69 Å². The van der Waals surface area contributed by atoms with E-state index in [0.29, 0.717) is 27.8 Å². The molecule has 23 heavy (non-hydrogen) atoms.